The van der Waals surface area contributed by atoms with Gasteiger partial charge in [0.05, 0.1) is 10.2 Å². The van der Waals surface area contributed by atoms with Crippen molar-refractivity contribution in [2.75, 3.05) is 11.9 Å². The lowest BCUT2D eigenvalue weighted by atomic mass is 9.91. The molecule has 2 nitrogen and oxygen atoms in total. The van der Waals surface area contributed by atoms with Crippen molar-refractivity contribution in [3.63, 3.8) is 0 Å². The molecule has 0 saturated heterocycles. The van der Waals surface area contributed by atoms with Gasteiger partial charge in [-0.15, -0.1) is 0 Å². The Morgan fingerprint density at radius 1 is 1.00 bits per heavy atom. The molecule has 4 rings (SSSR count). The van der Waals surface area contributed by atoms with Crippen LogP contribution in [0.4, 0.5) is 5.13 Å². The van der Waals surface area contributed by atoms with Crippen LogP contribution in [0.15, 0.2) is 42.5 Å². The minimum atomic E-state index is 0.937. The summed E-state index contributed by atoms with van der Waals surface area (Å²) in [6, 6.07) is 15.2. The van der Waals surface area contributed by atoms with Crippen LogP contribution in [0.2, 0.25) is 0 Å². The van der Waals surface area contributed by atoms with Crippen molar-refractivity contribution in [2.45, 2.75) is 32.1 Å². The Labute approximate surface area is 135 Å². The zero-order valence-corrected chi connectivity index (χ0v) is 13.5. The maximum atomic E-state index is 4.86. The number of nitrogens with zero attached hydrogens (tertiary/aromatic N) is 1. The highest BCUT2D eigenvalue weighted by Gasteiger charge is 2.15. The normalized spacial score (nSPS) is 14.0. The van der Waals surface area contributed by atoms with E-state index in [2.05, 4.69) is 47.8 Å². The molecule has 2 aromatic carbocycles. The van der Waals surface area contributed by atoms with E-state index < -0.39 is 0 Å². The lowest BCUT2D eigenvalue weighted by Crippen LogP contribution is -2.05. The summed E-state index contributed by atoms with van der Waals surface area (Å²) in [6.45, 7) is 0.937. The molecule has 0 radical (unpaired) electrons. The van der Waals surface area contributed by atoms with E-state index in [1.807, 2.05) is 0 Å². The summed E-state index contributed by atoms with van der Waals surface area (Å²) in [7, 11) is 0. The van der Waals surface area contributed by atoms with Gasteiger partial charge >= 0.3 is 0 Å². The van der Waals surface area contributed by atoms with Gasteiger partial charge in [-0.05, 0) is 54.9 Å². The Morgan fingerprint density at radius 3 is 2.77 bits per heavy atom. The average molecular weight is 308 g/mol. The number of hydrogen-bond acceptors (Lipinski definition) is 3. The molecule has 0 bridgehead atoms. The number of thiazole rings is 1. The minimum Gasteiger partial charge on any atom is -0.361 e. The molecule has 0 aliphatic heterocycles. The summed E-state index contributed by atoms with van der Waals surface area (Å²) in [5, 5.41) is 4.56. The summed E-state index contributed by atoms with van der Waals surface area (Å²) in [5.74, 6) is 0. The van der Waals surface area contributed by atoms with Crippen LogP contribution in [0.25, 0.3) is 10.2 Å². The quantitative estimate of drug-likeness (QED) is 0.746. The van der Waals surface area contributed by atoms with Crippen molar-refractivity contribution in [3.05, 3.63) is 59.2 Å². The van der Waals surface area contributed by atoms with Crippen molar-refractivity contribution >= 4 is 26.7 Å². The van der Waals surface area contributed by atoms with Gasteiger partial charge in [0.25, 0.3) is 0 Å². The third-order valence-electron chi connectivity index (χ3n) is 4.42. The lowest BCUT2D eigenvalue weighted by Gasteiger charge is -2.15. The standard InChI is InChI=1S/C19H20N2S/c1-2-6-14(7-3-1)12-13-20-19-21-18-16-9-5-4-8-15(16)10-11-17(18)22-19/h1-3,6-7,10-11H,4-5,8-9,12-13H2,(H,20,21). The van der Waals surface area contributed by atoms with Crippen LogP contribution in [0.5, 0.6) is 0 Å². The maximum absolute atomic E-state index is 4.86. The third kappa shape index (κ3) is 2.73. The summed E-state index contributed by atoms with van der Waals surface area (Å²) < 4.78 is 1.32. The first kappa shape index (κ1) is 13.8. The zero-order chi connectivity index (χ0) is 14.8. The number of fused-ring (bicyclic) bond motifs is 3. The molecule has 1 N–H and O–H groups in total. The molecule has 0 atom stereocenters. The first-order valence-corrected chi connectivity index (χ1v) is 8.91. The first-order chi connectivity index (χ1) is 10.9. The van der Waals surface area contributed by atoms with Gasteiger partial charge in [-0.2, -0.15) is 0 Å². The van der Waals surface area contributed by atoms with E-state index in [0.717, 1.165) is 18.1 Å². The number of aryl methyl sites for hydroxylation is 2. The van der Waals surface area contributed by atoms with Gasteiger partial charge < -0.3 is 5.32 Å². The molecule has 0 amide bonds. The summed E-state index contributed by atoms with van der Waals surface area (Å²) in [6.07, 6.45) is 6.08. The predicted molar refractivity (Wildman–Crippen MR) is 94.9 cm³/mol. The van der Waals surface area contributed by atoms with Gasteiger partial charge in [0.2, 0.25) is 0 Å². The van der Waals surface area contributed by atoms with Gasteiger partial charge in [0.15, 0.2) is 5.13 Å². The van der Waals surface area contributed by atoms with Crippen LogP contribution in [0.3, 0.4) is 0 Å². The monoisotopic (exact) mass is 308 g/mol. The van der Waals surface area contributed by atoms with Gasteiger partial charge in [-0.3, -0.25) is 0 Å². The molecule has 1 aliphatic carbocycles. The molecular weight excluding hydrogens is 288 g/mol. The fraction of sp³-hybridized carbons (Fsp3) is 0.316. The van der Waals surface area contributed by atoms with E-state index >= 15 is 0 Å². The minimum absolute atomic E-state index is 0.937. The van der Waals surface area contributed by atoms with Crippen LogP contribution in [-0.2, 0) is 19.3 Å². The predicted octanol–water partition coefficient (Wildman–Crippen LogP) is 4.83. The molecule has 0 unspecified atom stereocenters. The average Bonchev–Trinajstić information content (AvgIpc) is 2.99. The number of hydrogen-bond donors (Lipinski definition) is 1. The Bertz CT molecular complexity index is 777. The van der Waals surface area contributed by atoms with Crippen LogP contribution in [0, 0.1) is 0 Å². The van der Waals surface area contributed by atoms with E-state index in [9.17, 15) is 0 Å². The van der Waals surface area contributed by atoms with Crippen LogP contribution in [-0.4, -0.2) is 11.5 Å². The molecule has 22 heavy (non-hydrogen) atoms. The summed E-state index contributed by atoms with van der Waals surface area (Å²) in [5.41, 5.74) is 5.62. The van der Waals surface area contributed by atoms with Gasteiger partial charge in [-0.1, -0.05) is 47.7 Å². The SMILES string of the molecule is c1ccc(CCNc2nc3c4c(ccc3s2)CCCC4)cc1. The number of rotatable bonds is 4. The molecule has 3 aromatic rings. The highest BCUT2D eigenvalue weighted by Crippen LogP contribution is 2.33. The molecule has 0 fully saturated rings. The highest BCUT2D eigenvalue weighted by molar-refractivity contribution is 7.22. The highest BCUT2D eigenvalue weighted by atomic mass is 32.1. The maximum Gasteiger partial charge on any atom is 0.183 e. The van der Waals surface area contributed by atoms with Gasteiger partial charge in [0, 0.05) is 6.54 Å². The molecule has 1 aromatic heterocycles. The second-order valence-corrected chi connectivity index (χ2v) is 6.97. The molecule has 0 spiro atoms. The van der Waals surface area contributed by atoms with E-state index in [1.165, 1.54) is 52.6 Å². The molecule has 0 saturated carbocycles. The molecule has 1 aliphatic rings. The molecule has 1 heterocycles. The lowest BCUT2D eigenvalue weighted by molar-refractivity contribution is 0.689. The smallest absolute Gasteiger partial charge is 0.183 e. The fourth-order valence-corrected chi connectivity index (χ4v) is 4.18. The van der Waals surface area contributed by atoms with Crippen molar-refractivity contribution in [3.8, 4) is 0 Å². The van der Waals surface area contributed by atoms with E-state index in [-0.39, 0.29) is 0 Å². The Kier molecular flexibility index (Phi) is 3.81. The zero-order valence-electron chi connectivity index (χ0n) is 12.6. The van der Waals surface area contributed by atoms with E-state index in [4.69, 9.17) is 4.98 Å². The Hall–Kier alpha value is -1.87. The van der Waals surface area contributed by atoms with Crippen molar-refractivity contribution in [2.24, 2.45) is 0 Å². The summed E-state index contributed by atoms with van der Waals surface area (Å²) in [4.78, 5) is 4.86. The number of anilines is 1. The van der Waals surface area contributed by atoms with Crippen LogP contribution < -0.4 is 5.32 Å². The topological polar surface area (TPSA) is 24.9 Å². The molecule has 112 valence electrons. The molecular formula is C19H20N2S. The van der Waals surface area contributed by atoms with E-state index in [1.54, 1.807) is 11.3 Å². The third-order valence-corrected chi connectivity index (χ3v) is 5.40. The Balaban J connectivity index is 1.51. The second kappa shape index (κ2) is 6.09. The van der Waals surface area contributed by atoms with Gasteiger partial charge in [0.1, 0.15) is 0 Å². The van der Waals surface area contributed by atoms with Crippen molar-refractivity contribution in [1.82, 2.24) is 4.98 Å². The molecule has 3 heteroatoms. The number of nitrogens with one attached hydrogen (secondary N) is 1. The second-order valence-electron chi connectivity index (χ2n) is 5.94. The largest absolute Gasteiger partial charge is 0.361 e. The van der Waals surface area contributed by atoms with E-state index in [0.29, 0.717) is 0 Å². The van der Waals surface area contributed by atoms with Crippen molar-refractivity contribution in [1.29, 1.82) is 0 Å². The van der Waals surface area contributed by atoms with Gasteiger partial charge in [-0.25, -0.2) is 4.98 Å². The first-order valence-electron chi connectivity index (χ1n) is 8.09. The Morgan fingerprint density at radius 2 is 1.86 bits per heavy atom. The number of benzene rings is 2. The van der Waals surface area contributed by atoms with Crippen molar-refractivity contribution < 1.29 is 0 Å². The number of aromatic nitrogens is 1. The summed E-state index contributed by atoms with van der Waals surface area (Å²) >= 11 is 1.78. The van der Waals surface area contributed by atoms with Crippen LogP contribution >= 0.6 is 11.3 Å². The van der Waals surface area contributed by atoms with Crippen LogP contribution in [0.1, 0.15) is 29.5 Å². The fourth-order valence-electron chi connectivity index (χ4n) is 3.25.